The van der Waals surface area contributed by atoms with Crippen molar-refractivity contribution in [3.05, 3.63) is 70.4 Å². The SMILES string of the molecule is CCCNC(=O)c1cc(-c2ccc(C)c(C)c2)nn1-c1ccc(Cl)cc1. The first-order valence-electron chi connectivity index (χ1n) is 8.71. The lowest BCUT2D eigenvalue weighted by molar-refractivity contribution is 0.0946. The molecule has 1 amide bonds. The van der Waals surface area contributed by atoms with Crippen LogP contribution in [-0.2, 0) is 0 Å². The highest BCUT2D eigenvalue weighted by atomic mass is 35.5. The van der Waals surface area contributed by atoms with Crippen LogP contribution in [0.4, 0.5) is 0 Å². The van der Waals surface area contributed by atoms with Crippen LogP contribution in [0.25, 0.3) is 16.9 Å². The highest BCUT2D eigenvalue weighted by Gasteiger charge is 2.17. The van der Waals surface area contributed by atoms with Gasteiger partial charge < -0.3 is 5.32 Å². The molecular formula is C21H22ClN3O. The fourth-order valence-corrected chi connectivity index (χ4v) is 2.82. The van der Waals surface area contributed by atoms with Gasteiger partial charge in [-0.2, -0.15) is 5.10 Å². The van der Waals surface area contributed by atoms with Crippen molar-refractivity contribution in [3.63, 3.8) is 0 Å². The predicted octanol–water partition coefficient (Wildman–Crippen LogP) is 4.95. The first-order chi connectivity index (χ1) is 12.5. The average molecular weight is 368 g/mol. The van der Waals surface area contributed by atoms with Gasteiger partial charge in [-0.1, -0.05) is 30.7 Å². The molecule has 0 aliphatic carbocycles. The Morgan fingerprint density at radius 1 is 1.08 bits per heavy atom. The second kappa shape index (κ2) is 7.75. The molecule has 1 N–H and O–H groups in total. The number of aryl methyl sites for hydroxylation is 2. The molecule has 0 fully saturated rings. The fourth-order valence-electron chi connectivity index (χ4n) is 2.69. The van der Waals surface area contributed by atoms with Crippen LogP contribution < -0.4 is 5.32 Å². The molecule has 1 heterocycles. The van der Waals surface area contributed by atoms with Crippen LogP contribution in [0.5, 0.6) is 0 Å². The number of hydrogen-bond donors (Lipinski definition) is 1. The van der Waals surface area contributed by atoms with Crippen molar-refractivity contribution in [1.82, 2.24) is 15.1 Å². The molecule has 0 saturated carbocycles. The Hall–Kier alpha value is -2.59. The highest BCUT2D eigenvalue weighted by molar-refractivity contribution is 6.30. The molecule has 4 nitrogen and oxygen atoms in total. The third kappa shape index (κ3) is 3.81. The third-order valence-electron chi connectivity index (χ3n) is 4.35. The number of halogens is 1. The van der Waals surface area contributed by atoms with Crippen LogP contribution in [0.15, 0.2) is 48.5 Å². The van der Waals surface area contributed by atoms with Gasteiger partial charge in [0.15, 0.2) is 0 Å². The largest absolute Gasteiger partial charge is 0.351 e. The van der Waals surface area contributed by atoms with Crippen LogP contribution in [0.3, 0.4) is 0 Å². The lowest BCUT2D eigenvalue weighted by Crippen LogP contribution is -2.26. The molecule has 0 aliphatic rings. The van der Waals surface area contributed by atoms with Crippen molar-refractivity contribution < 1.29 is 4.79 Å². The van der Waals surface area contributed by atoms with Crippen molar-refractivity contribution in [2.45, 2.75) is 27.2 Å². The molecule has 134 valence electrons. The minimum absolute atomic E-state index is 0.135. The molecule has 3 aromatic rings. The summed E-state index contributed by atoms with van der Waals surface area (Å²) in [7, 11) is 0. The van der Waals surface area contributed by atoms with Crippen molar-refractivity contribution in [3.8, 4) is 16.9 Å². The minimum atomic E-state index is -0.135. The molecule has 0 aliphatic heterocycles. The van der Waals surface area contributed by atoms with Gasteiger partial charge in [0, 0.05) is 17.1 Å². The van der Waals surface area contributed by atoms with E-state index in [0.29, 0.717) is 17.3 Å². The van der Waals surface area contributed by atoms with Crippen LogP contribution in [0, 0.1) is 13.8 Å². The van der Waals surface area contributed by atoms with E-state index in [9.17, 15) is 4.79 Å². The average Bonchev–Trinajstić information content (AvgIpc) is 3.08. The molecule has 3 rings (SSSR count). The Morgan fingerprint density at radius 2 is 1.81 bits per heavy atom. The summed E-state index contributed by atoms with van der Waals surface area (Å²) in [4.78, 5) is 12.6. The number of amides is 1. The van der Waals surface area contributed by atoms with Gasteiger partial charge in [-0.3, -0.25) is 4.79 Å². The number of benzene rings is 2. The third-order valence-corrected chi connectivity index (χ3v) is 4.60. The number of nitrogens with zero attached hydrogens (tertiary/aromatic N) is 2. The summed E-state index contributed by atoms with van der Waals surface area (Å²) in [6, 6.07) is 15.3. The second-order valence-electron chi connectivity index (χ2n) is 6.36. The topological polar surface area (TPSA) is 46.9 Å². The van der Waals surface area contributed by atoms with E-state index in [1.165, 1.54) is 11.1 Å². The molecule has 2 aromatic carbocycles. The van der Waals surface area contributed by atoms with Gasteiger partial charge in [-0.25, -0.2) is 4.68 Å². The van der Waals surface area contributed by atoms with E-state index in [0.717, 1.165) is 23.4 Å². The summed E-state index contributed by atoms with van der Waals surface area (Å²) in [6.07, 6.45) is 0.880. The van der Waals surface area contributed by atoms with Gasteiger partial charge in [0.2, 0.25) is 0 Å². The first kappa shape index (κ1) is 18.2. The van der Waals surface area contributed by atoms with Gasteiger partial charge >= 0.3 is 0 Å². The monoisotopic (exact) mass is 367 g/mol. The fraction of sp³-hybridized carbons (Fsp3) is 0.238. The van der Waals surface area contributed by atoms with Crippen molar-refractivity contribution in [2.24, 2.45) is 0 Å². The summed E-state index contributed by atoms with van der Waals surface area (Å²) in [5, 5.41) is 8.27. The molecule has 0 radical (unpaired) electrons. The molecule has 0 bridgehead atoms. The smallest absolute Gasteiger partial charge is 0.270 e. The number of hydrogen-bond acceptors (Lipinski definition) is 2. The molecule has 26 heavy (non-hydrogen) atoms. The van der Waals surface area contributed by atoms with E-state index in [4.69, 9.17) is 16.7 Å². The number of carbonyl (C=O) groups excluding carboxylic acids is 1. The standard InChI is InChI=1S/C21H22ClN3O/c1-4-11-23-21(26)20-13-19(16-6-5-14(2)15(3)12-16)24-25(20)18-9-7-17(22)8-10-18/h5-10,12-13H,4,11H2,1-3H3,(H,23,26). The Balaban J connectivity index is 2.08. The van der Waals surface area contributed by atoms with Gasteiger partial charge in [0.05, 0.1) is 11.4 Å². The Kier molecular flexibility index (Phi) is 5.43. The van der Waals surface area contributed by atoms with E-state index in [2.05, 4.69) is 31.3 Å². The van der Waals surface area contributed by atoms with E-state index < -0.39 is 0 Å². The zero-order valence-electron chi connectivity index (χ0n) is 15.2. The Labute approximate surface area is 158 Å². The van der Waals surface area contributed by atoms with Crippen LogP contribution in [-0.4, -0.2) is 22.2 Å². The van der Waals surface area contributed by atoms with Gasteiger partial charge in [0.25, 0.3) is 5.91 Å². The lowest BCUT2D eigenvalue weighted by Gasteiger charge is -2.07. The summed E-state index contributed by atoms with van der Waals surface area (Å²) < 4.78 is 1.67. The molecule has 0 atom stereocenters. The lowest BCUT2D eigenvalue weighted by atomic mass is 10.0. The van der Waals surface area contributed by atoms with Crippen molar-refractivity contribution in [1.29, 1.82) is 0 Å². The van der Waals surface area contributed by atoms with Crippen molar-refractivity contribution in [2.75, 3.05) is 6.54 Å². The van der Waals surface area contributed by atoms with E-state index in [1.807, 2.05) is 31.2 Å². The molecule has 0 spiro atoms. The van der Waals surface area contributed by atoms with Crippen LogP contribution in [0.1, 0.15) is 35.0 Å². The Bertz CT molecular complexity index is 929. The number of nitrogens with one attached hydrogen (secondary N) is 1. The molecule has 1 aromatic heterocycles. The van der Waals surface area contributed by atoms with E-state index in [-0.39, 0.29) is 5.91 Å². The quantitative estimate of drug-likeness (QED) is 0.693. The zero-order chi connectivity index (χ0) is 18.7. The molecule has 0 saturated heterocycles. The second-order valence-corrected chi connectivity index (χ2v) is 6.79. The van der Waals surface area contributed by atoms with Gasteiger partial charge in [-0.05, 0) is 67.8 Å². The summed E-state index contributed by atoms with van der Waals surface area (Å²) >= 11 is 5.99. The molecule has 5 heteroatoms. The molecule has 0 unspecified atom stereocenters. The van der Waals surface area contributed by atoms with Crippen LogP contribution in [0.2, 0.25) is 5.02 Å². The predicted molar refractivity (Wildman–Crippen MR) is 106 cm³/mol. The maximum Gasteiger partial charge on any atom is 0.270 e. The summed E-state index contributed by atoms with van der Waals surface area (Å²) in [5.41, 5.74) is 5.49. The minimum Gasteiger partial charge on any atom is -0.351 e. The Morgan fingerprint density at radius 3 is 2.46 bits per heavy atom. The zero-order valence-corrected chi connectivity index (χ0v) is 16.0. The number of carbonyl (C=O) groups is 1. The first-order valence-corrected chi connectivity index (χ1v) is 9.09. The van der Waals surface area contributed by atoms with E-state index in [1.54, 1.807) is 16.8 Å². The number of aromatic nitrogens is 2. The van der Waals surface area contributed by atoms with Crippen LogP contribution >= 0.6 is 11.6 Å². The maximum absolute atomic E-state index is 12.6. The van der Waals surface area contributed by atoms with E-state index >= 15 is 0 Å². The summed E-state index contributed by atoms with van der Waals surface area (Å²) in [5.74, 6) is -0.135. The van der Waals surface area contributed by atoms with Gasteiger partial charge in [0.1, 0.15) is 5.69 Å². The normalized spacial score (nSPS) is 10.8. The number of rotatable bonds is 5. The molecular weight excluding hydrogens is 346 g/mol. The maximum atomic E-state index is 12.6. The van der Waals surface area contributed by atoms with Crippen molar-refractivity contribution >= 4 is 17.5 Å². The highest BCUT2D eigenvalue weighted by Crippen LogP contribution is 2.24. The van der Waals surface area contributed by atoms with Gasteiger partial charge in [-0.15, -0.1) is 0 Å². The summed E-state index contributed by atoms with van der Waals surface area (Å²) in [6.45, 7) is 6.81.